The van der Waals surface area contributed by atoms with E-state index in [1.165, 1.54) is 18.2 Å². The Morgan fingerprint density at radius 1 is 1.67 bits per heavy atom. The molecule has 1 aliphatic heterocycles. The molecule has 0 aliphatic carbocycles. The topological polar surface area (TPSA) is 41.6 Å². The summed E-state index contributed by atoms with van der Waals surface area (Å²) >= 11 is 5.72. The van der Waals surface area contributed by atoms with Crippen LogP contribution in [0.4, 0.5) is 4.39 Å². The second-order valence-corrected chi connectivity index (χ2v) is 3.67. The van der Waals surface area contributed by atoms with Gasteiger partial charge in [-0.05, 0) is 12.1 Å². The maximum atomic E-state index is 13.3. The summed E-state index contributed by atoms with van der Waals surface area (Å²) in [5.41, 5.74) is -0.111. The molecule has 1 N–H and O–H groups in total. The van der Waals surface area contributed by atoms with Crippen LogP contribution >= 0.6 is 11.6 Å². The van der Waals surface area contributed by atoms with Crippen molar-refractivity contribution < 1.29 is 13.9 Å². The van der Waals surface area contributed by atoms with E-state index < -0.39 is 11.7 Å². The molecular formula is C10H9ClFNO2. The molecule has 0 radical (unpaired) electrons. The predicted octanol–water partition coefficient (Wildman–Crippen LogP) is 1.61. The van der Waals surface area contributed by atoms with Crippen LogP contribution in [0.25, 0.3) is 0 Å². The molecule has 1 aromatic carbocycles. The molecular weight excluding hydrogens is 221 g/mol. The predicted molar refractivity (Wildman–Crippen MR) is 53.5 cm³/mol. The SMILES string of the molecule is O=C(NC[C@H]1CO1)c1c(F)cccc1Cl. The Bertz CT molecular complexity index is 373. The Hall–Kier alpha value is -1.13. The summed E-state index contributed by atoms with van der Waals surface area (Å²) in [6, 6.07) is 4.14. The number of nitrogens with one attached hydrogen (secondary N) is 1. The van der Waals surface area contributed by atoms with E-state index in [0.29, 0.717) is 13.2 Å². The van der Waals surface area contributed by atoms with Crippen molar-refractivity contribution in [3.63, 3.8) is 0 Å². The standard InChI is InChI=1S/C10H9ClFNO2/c11-7-2-1-3-8(12)9(7)10(14)13-4-6-5-15-6/h1-3,6H,4-5H2,(H,13,14)/t6-/m0/s1. The van der Waals surface area contributed by atoms with E-state index in [0.717, 1.165) is 0 Å². The van der Waals surface area contributed by atoms with Gasteiger partial charge in [-0.15, -0.1) is 0 Å². The van der Waals surface area contributed by atoms with Gasteiger partial charge in [-0.2, -0.15) is 0 Å². The van der Waals surface area contributed by atoms with Crippen LogP contribution in [0.2, 0.25) is 5.02 Å². The van der Waals surface area contributed by atoms with Crippen molar-refractivity contribution in [3.05, 3.63) is 34.6 Å². The molecule has 2 rings (SSSR count). The lowest BCUT2D eigenvalue weighted by Crippen LogP contribution is -2.28. The fourth-order valence-corrected chi connectivity index (χ4v) is 1.44. The van der Waals surface area contributed by atoms with E-state index >= 15 is 0 Å². The average molecular weight is 230 g/mol. The van der Waals surface area contributed by atoms with Gasteiger partial charge in [-0.1, -0.05) is 17.7 Å². The fraction of sp³-hybridized carbons (Fsp3) is 0.300. The van der Waals surface area contributed by atoms with E-state index in [2.05, 4.69) is 5.32 Å². The van der Waals surface area contributed by atoms with E-state index in [-0.39, 0.29) is 16.7 Å². The van der Waals surface area contributed by atoms with Crippen LogP contribution in [-0.4, -0.2) is 25.2 Å². The second kappa shape index (κ2) is 4.16. The molecule has 1 atom stereocenters. The summed E-state index contributed by atoms with van der Waals surface area (Å²) in [5.74, 6) is -1.12. The number of rotatable bonds is 3. The molecule has 0 spiro atoms. The molecule has 1 fully saturated rings. The Labute approximate surface area is 91.2 Å². The van der Waals surface area contributed by atoms with Crippen molar-refractivity contribution in [2.45, 2.75) is 6.10 Å². The van der Waals surface area contributed by atoms with Crippen LogP contribution in [0.3, 0.4) is 0 Å². The first kappa shape index (κ1) is 10.4. The van der Waals surface area contributed by atoms with Crippen molar-refractivity contribution in [2.75, 3.05) is 13.2 Å². The third kappa shape index (κ3) is 2.46. The van der Waals surface area contributed by atoms with Gasteiger partial charge in [0.1, 0.15) is 5.82 Å². The number of epoxide rings is 1. The van der Waals surface area contributed by atoms with E-state index in [9.17, 15) is 9.18 Å². The molecule has 1 saturated heterocycles. The minimum Gasteiger partial charge on any atom is -0.371 e. The number of carbonyl (C=O) groups is 1. The lowest BCUT2D eigenvalue weighted by atomic mass is 10.2. The first-order chi connectivity index (χ1) is 7.18. The molecule has 15 heavy (non-hydrogen) atoms. The number of carbonyl (C=O) groups excluding carboxylic acids is 1. The smallest absolute Gasteiger partial charge is 0.255 e. The Morgan fingerprint density at radius 2 is 2.40 bits per heavy atom. The van der Waals surface area contributed by atoms with Gasteiger partial charge >= 0.3 is 0 Å². The van der Waals surface area contributed by atoms with Gasteiger partial charge in [0.05, 0.1) is 23.3 Å². The third-order valence-electron chi connectivity index (χ3n) is 2.08. The van der Waals surface area contributed by atoms with E-state index in [4.69, 9.17) is 16.3 Å². The minimum absolute atomic E-state index is 0.0690. The highest BCUT2D eigenvalue weighted by molar-refractivity contribution is 6.33. The Balaban J connectivity index is 2.09. The summed E-state index contributed by atoms with van der Waals surface area (Å²) in [7, 11) is 0. The number of hydrogen-bond acceptors (Lipinski definition) is 2. The molecule has 1 aromatic rings. The molecule has 1 heterocycles. The van der Waals surface area contributed by atoms with Crippen LogP contribution in [0, 0.1) is 5.82 Å². The Kier molecular flexibility index (Phi) is 2.88. The van der Waals surface area contributed by atoms with Crippen molar-refractivity contribution in [3.8, 4) is 0 Å². The second-order valence-electron chi connectivity index (χ2n) is 3.26. The molecule has 0 aromatic heterocycles. The van der Waals surface area contributed by atoms with Crippen molar-refractivity contribution in [2.24, 2.45) is 0 Å². The van der Waals surface area contributed by atoms with Gasteiger partial charge in [-0.3, -0.25) is 4.79 Å². The summed E-state index contributed by atoms with van der Waals surface area (Å²) < 4.78 is 18.2. The van der Waals surface area contributed by atoms with Crippen molar-refractivity contribution in [1.82, 2.24) is 5.32 Å². The van der Waals surface area contributed by atoms with Gasteiger partial charge in [0.25, 0.3) is 5.91 Å². The summed E-state index contributed by atoms with van der Waals surface area (Å²) in [4.78, 5) is 11.5. The first-order valence-electron chi connectivity index (χ1n) is 4.52. The zero-order valence-corrected chi connectivity index (χ0v) is 8.55. The number of hydrogen-bond donors (Lipinski definition) is 1. The van der Waals surface area contributed by atoms with Gasteiger partial charge in [0, 0.05) is 6.54 Å². The highest BCUT2D eigenvalue weighted by Crippen LogP contribution is 2.18. The maximum absolute atomic E-state index is 13.3. The van der Waals surface area contributed by atoms with Crippen LogP contribution in [0.15, 0.2) is 18.2 Å². The van der Waals surface area contributed by atoms with Crippen LogP contribution < -0.4 is 5.32 Å². The zero-order valence-electron chi connectivity index (χ0n) is 7.80. The number of amides is 1. The maximum Gasteiger partial charge on any atom is 0.255 e. The average Bonchev–Trinajstić information content (AvgIpc) is 2.97. The van der Waals surface area contributed by atoms with Gasteiger partial charge in [0.2, 0.25) is 0 Å². The molecule has 80 valence electrons. The quantitative estimate of drug-likeness (QED) is 0.800. The molecule has 0 saturated carbocycles. The monoisotopic (exact) mass is 229 g/mol. The molecule has 0 unspecified atom stereocenters. The van der Waals surface area contributed by atoms with Crippen LogP contribution in [-0.2, 0) is 4.74 Å². The lowest BCUT2D eigenvalue weighted by molar-refractivity contribution is 0.0946. The summed E-state index contributed by atoms with van der Waals surface area (Å²) in [6.07, 6.45) is 0.0690. The normalized spacial score (nSPS) is 18.7. The number of halogens is 2. The number of ether oxygens (including phenoxy) is 1. The van der Waals surface area contributed by atoms with Crippen molar-refractivity contribution in [1.29, 1.82) is 0 Å². The third-order valence-corrected chi connectivity index (χ3v) is 2.40. The molecule has 1 aliphatic rings. The number of benzene rings is 1. The van der Waals surface area contributed by atoms with Crippen LogP contribution in [0.5, 0.6) is 0 Å². The highest BCUT2D eigenvalue weighted by Gasteiger charge is 2.24. The van der Waals surface area contributed by atoms with Gasteiger partial charge in [-0.25, -0.2) is 4.39 Å². The molecule has 1 amide bonds. The zero-order chi connectivity index (χ0) is 10.8. The molecule has 3 nitrogen and oxygen atoms in total. The van der Waals surface area contributed by atoms with E-state index in [1.807, 2.05) is 0 Å². The summed E-state index contributed by atoms with van der Waals surface area (Å²) in [6.45, 7) is 1.04. The lowest BCUT2D eigenvalue weighted by Gasteiger charge is -2.05. The fourth-order valence-electron chi connectivity index (χ4n) is 1.20. The van der Waals surface area contributed by atoms with Crippen LogP contribution in [0.1, 0.15) is 10.4 Å². The van der Waals surface area contributed by atoms with E-state index in [1.54, 1.807) is 0 Å². The minimum atomic E-state index is -0.614. The first-order valence-corrected chi connectivity index (χ1v) is 4.90. The van der Waals surface area contributed by atoms with Gasteiger partial charge < -0.3 is 10.1 Å². The van der Waals surface area contributed by atoms with Crippen molar-refractivity contribution >= 4 is 17.5 Å². The summed E-state index contributed by atoms with van der Waals surface area (Å²) in [5, 5.41) is 2.67. The van der Waals surface area contributed by atoms with Gasteiger partial charge in [0.15, 0.2) is 0 Å². The highest BCUT2D eigenvalue weighted by atomic mass is 35.5. The molecule has 0 bridgehead atoms. The largest absolute Gasteiger partial charge is 0.371 e. The molecule has 5 heteroatoms. The Morgan fingerprint density at radius 3 is 3.00 bits per heavy atom.